The van der Waals surface area contributed by atoms with Crippen molar-refractivity contribution in [3.8, 4) is 0 Å². The van der Waals surface area contributed by atoms with Crippen molar-refractivity contribution in [2.75, 3.05) is 41.3 Å². The molecule has 0 aliphatic heterocycles. The topological polar surface area (TPSA) is 61.4 Å². The second-order valence-corrected chi connectivity index (χ2v) is 11.7. The molecule has 0 bridgehead atoms. The normalized spacial score (nSPS) is 17.4. The zero-order valence-electron chi connectivity index (χ0n) is 20.2. The maximum atomic E-state index is 13.3. The molecule has 0 aliphatic rings. The molecule has 0 heterocycles. The molecule has 0 saturated carbocycles. The summed E-state index contributed by atoms with van der Waals surface area (Å²) in [6.45, 7) is 18.6. The Hall–Kier alpha value is -0.650. The molecule has 0 aliphatic carbocycles. The molecular formula is C22H48N3O2+. The van der Waals surface area contributed by atoms with Crippen LogP contribution in [0.1, 0.15) is 68.2 Å². The Morgan fingerprint density at radius 1 is 1.00 bits per heavy atom. The van der Waals surface area contributed by atoms with Gasteiger partial charge in [0.1, 0.15) is 6.23 Å². The minimum absolute atomic E-state index is 0.110. The Morgan fingerprint density at radius 2 is 1.48 bits per heavy atom. The van der Waals surface area contributed by atoms with Gasteiger partial charge in [0.2, 0.25) is 5.91 Å². The molecule has 3 N–H and O–H groups in total. The molecule has 2 unspecified atom stereocenters. The molecule has 0 rings (SSSR count). The van der Waals surface area contributed by atoms with Gasteiger partial charge in [0, 0.05) is 18.4 Å². The fourth-order valence-electron chi connectivity index (χ4n) is 3.48. The van der Waals surface area contributed by atoms with Gasteiger partial charge in [0.15, 0.2) is 0 Å². The van der Waals surface area contributed by atoms with E-state index in [4.69, 9.17) is 0 Å². The van der Waals surface area contributed by atoms with Crippen molar-refractivity contribution < 1.29 is 14.4 Å². The fraction of sp³-hybridized carbons (Fsp3) is 0.955. The first kappa shape index (κ1) is 26.4. The number of rotatable bonds is 10. The van der Waals surface area contributed by atoms with Crippen molar-refractivity contribution in [2.24, 2.45) is 21.7 Å². The number of hydrogen-bond donors (Lipinski definition) is 3. The second-order valence-electron chi connectivity index (χ2n) is 11.7. The molecule has 0 aromatic heterocycles. The van der Waals surface area contributed by atoms with Crippen LogP contribution in [0.25, 0.3) is 0 Å². The van der Waals surface area contributed by atoms with Crippen LogP contribution < -0.4 is 10.6 Å². The summed E-state index contributed by atoms with van der Waals surface area (Å²) >= 11 is 0. The van der Waals surface area contributed by atoms with E-state index in [1.807, 2.05) is 0 Å². The maximum Gasteiger partial charge on any atom is 0.226 e. The summed E-state index contributed by atoms with van der Waals surface area (Å²) in [6, 6.07) is 0. The molecule has 5 heteroatoms. The van der Waals surface area contributed by atoms with E-state index in [1.165, 1.54) is 0 Å². The van der Waals surface area contributed by atoms with Gasteiger partial charge in [-0.2, -0.15) is 0 Å². The number of aliphatic hydroxyl groups is 1. The molecule has 1 amide bonds. The third kappa shape index (κ3) is 6.72. The van der Waals surface area contributed by atoms with Crippen molar-refractivity contribution >= 4 is 5.91 Å². The van der Waals surface area contributed by atoms with E-state index >= 15 is 0 Å². The summed E-state index contributed by atoms with van der Waals surface area (Å²) in [4.78, 5) is 13.3. The SMILES string of the molecule is CNC(O)C(C)(C)C(C)(C)CC(C)(C(=O)NCCC[N+](C)(C)C)C(C)(C)C. The monoisotopic (exact) mass is 386 g/mol. The number of hydrogen-bond acceptors (Lipinski definition) is 3. The van der Waals surface area contributed by atoms with E-state index in [1.54, 1.807) is 7.05 Å². The molecule has 0 fully saturated rings. The number of quaternary nitrogens is 1. The predicted molar refractivity (Wildman–Crippen MR) is 115 cm³/mol. The molecule has 0 aromatic carbocycles. The maximum absolute atomic E-state index is 13.3. The highest BCUT2D eigenvalue weighted by atomic mass is 16.3. The summed E-state index contributed by atoms with van der Waals surface area (Å²) in [5.74, 6) is 0.110. The molecule has 5 nitrogen and oxygen atoms in total. The van der Waals surface area contributed by atoms with Crippen LogP contribution in [0.2, 0.25) is 0 Å². The summed E-state index contributed by atoms with van der Waals surface area (Å²) < 4.78 is 0.898. The smallest absolute Gasteiger partial charge is 0.226 e. The third-order valence-electron chi connectivity index (χ3n) is 6.94. The average Bonchev–Trinajstić information content (AvgIpc) is 2.47. The first-order valence-electron chi connectivity index (χ1n) is 10.3. The van der Waals surface area contributed by atoms with E-state index in [0.717, 1.165) is 17.4 Å². The van der Waals surface area contributed by atoms with Crippen LogP contribution in [0.15, 0.2) is 0 Å². The van der Waals surface area contributed by atoms with E-state index in [-0.39, 0.29) is 16.7 Å². The molecule has 2 atom stereocenters. The van der Waals surface area contributed by atoms with Crippen molar-refractivity contribution in [1.29, 1.82) is 0 Å². The van der Waals surface area contributed by atoms with Crippen LogP contribution in [0.4, 0.5) is 0 Å². The summed E-state index contributed by atoms with van der Waals surface area (Å²) in [7, 11) is 8.27. The van der Waals surface area contributed by atoms with Crippen molar-refractivity contribution in [3.05, 3.63) is 0 Å². The van der Waals surface area contributed by atoms with Crippen LogP contribution in [0, 0.1) is 21.7 Å². The van der Waals surface area contributed by atoms with Gasteiger partial charge in [-0.25, -0.2) is 0 Å². The first-order valence-corrected chi connectivity index (χ1v) is 10.3. The Balaban J connectivity index is 5.45. The molecule has 0 saturated heterocycles. The quantitative estimate of drug-likeness (QED) is 0.307. The van der Waals surface area contributed by atoms with E-state index in [9.17, 15) is 9.90 Å². The highest BCUT2D eigenvalue weighted by Crippen LogP contribution is 2.53. The Labute approximate surface area is 168 Å². The van der Waals surface area contributed by atoms with Gasteiger partial charge in [-0.1, -0.05) is 55.4 Å². The lowest BCUT2D eigenvalue weighted by Crippen LogP contribution is -2.55. The fourth-order valence-corrected chi connectivity index (χ4v) is 3.48. The molecule has 0 aromatic rings. The lowest BCUT2D eigenvalue weighted by atomic mass is 9.54. The van der Waals surface area contributed by atoms with Crippen molar-refractivity contribution in [2.45, 2.75) is 74.5 Å². The Bertz CT molecular complexity index is 487. The average molecular weight is 387 g/mol. The lowest BCUT2D eigenvalue weighted by Gasteiger charge is -2.51. The molecule has 162 valence electrons. The van der Waals surface area contributed by atoms with Gasteiger partial charge in [-0.15, -0.1) is 0 Å². The van der Waals surface area contributed by atoms with Crippen molar-refractivity contribution in [3.63, 3.8) is 0 Å². The zero-order chi connectivity index (χ0) is 21.9. The molecule has 27 heavy (non-hydrogen) atoms. The molecular weight excluding hydrogens is 338 g/mol. The number of nitrogens with one attached hydrogen (secondary N) is 2. The molecule has 0 spiro atoms. The summed E-state index contributed by atoms with van der Waals surface area (Å²) in [5.41, 5.74) is -1.39. The minimum atomic E-state index is -0.635. The van der Waals surface area contributed by atoms with E-state index in [0.29, 0.717) is 13.0 Å². The Kier molecular flexibility index (Phi) is 8.58. The van der Waals surface area contributed by atoms with Crippen LogP contribution in [-0.4, -0.2) is 63.0 Å². The van der Waals surface area contributed by atoms with Gasteiger partial charge in [0.05, 0.1) is 33.1 Å². The second kappa shape index (κ2) is 8.79. The summed E-state index contributed by atoms with van der Waals surface area (Å²) in [6.07, 6.45) is 1.02. The van der Waals surface area contributed by atoms with Gasteiger partial charge in [-0.05, 0) is 24.3 Å². The number of nitrogens with zero attached hydrogens (tertiary/aromatic N) is 1. The largest absolute Gasteiger partial charge is 0.378 e. The summed E-state index contributed by atoms with van der Waals surface area (Å²) in [5, 5.41) is 16.7. The Morgan fingerprint density at radius 3 is 1.85 bits per heavy atom. The van der Waals surface area contributed by atoms with Gasteiger partial charge >= 0.3 is 0 Å². The van der Waals surface area contributed by atoms with Gasteiger partial charge in [0.25, 0.3) is 0 Å². The van der Waals surface area contributed by atoms with Crippen LogP contribution in [0.3, 0.4) is 0 Å². The number of carbonyl (C=O) groups is 1. The molecule has 0 radical (unpaired) electrons. The third-order valence-corrected chi connectivity index (χ3v) is 6.94. The van der Waals surface area contributed by atoms with E-state index < -0.39 is 17.1 Å². The van der Waals surface area contributed by atoms with Crippen LogP contribution >= 0.6 is 0 Å². The van der Waals surface area contributed by atoms with Crippen LogP contribution in [-0.2, 0) is 4.79 Å². The lowest BCUT2D eigenvalue weighted by molar-refractivity contribution is -0.870. The highest BCUT2D eigenvalue weighted by Gasteiger charge is 2.52. The predicted octanol–water partition coefficient (Wildman–Crippen LogP) is 3.23. The number of carbonyl (C=O) groups excluding carboxylic acids is 1. The number of amides is 1. The first-order chi connectivity index (χ1) is 11.8. The zero-order valence-corrected chi connectivity index (χ0v) is 20.2. The van der Waals surface area contributed by atoms with Crippen LogP contribution in [0.5, 0.6) is 0 Å². The van der Waals surface area contributed by atoms with Gasteiger partial charge in [-0.3, -0.25) is 10.1 Å². The van der Waals surface area contributed by atoms with Gasteiger partial charge < -0.3 is 14.9 Å². The standard InChI is InChI=1S/C22H47N3O2/c1-19(2,3)22(8,18(27)24-14-13-15-25(10,11)12)16-20(4,5)21(6,7)17(26)23-9/h17,23,26H,13-16H2,1-12H3/p+1. The van der Waals surface area contributed by atoms with E-state index in [2.05, 4.69) is 87.2 Å². The minimum Gasteiger partial charge on any atom is -0.378 e. The highest BCUT2D eigenvalue weighted by molar-refractivity contribution is 5.83. The van der Waals surface area contributed by atoms with Crippen molar-refractivity contribution in [1.82, 2.24) is 10.6 Å². The number of aliphatic hydroxyl groups excluding tert-OH is 1.